The zero-order valence-corrected chi connectivity index (χ0v) is 15.9. The molecule has 28 heavy (non-hydrogen) atoms. The van der Waals surface area contributed by atoms with E-state index in [0.29, 0.717) is 6.54 Å². The number of hydrogen-bond acceptors (Lipinski definition) is 5. The van der Waals surface area contributed by atoms with E-state index in [9.17, 15) is 18.0 Å². The van der Waals surface area contributed by atoms with Gasteiger partial charge in [0, 0.05) is 6.54 Å². The number of anilines is 1. The summed E-state index contributed by atoms with van der Waals surface area (Å²) in [5, 5.41) is 2.63. The Morgan fingerprint density at radius 1 is 1.11 bits per heavy atom. The molecule has 8 heteroatoms. The van der Waals surface area contributed by atoms with Gasteiger partial charge in [-0.15, -0.1) is 0 Å². The lowest BCUT2D eigenvalue weighted by molar-refractivity contribution is -0.141. The minimum atomic E-state index is -3.81. The van der Waals surface area contributed by atoms with Crippen molar-refractivity contribution in [1.29, 1.82) is 0 Å². The van der Waals surface area contributed by atoms with Crippen LogP contribution in [-0.2, 0) is 24.2 Å². The Hall–Kier alpha value is -2.97. The lowest BCUT2D eigenvalue weighted by Crippen LogP contribution is -2.49. The number of morpholine rings is 1. The Morgan fingerprint density at radius 2 is 1.79 bits per heavy atom. The number of carbonyl (C=O) groups is 2. The van der Waals surface area contributed by atoms with Gasteiger partial charge in [0.25, 0.3) is 5.91 Å². The highest BCUT2D eigenvalue weighted by Gasteiger charge is 2.30. The molecule has 3 rings (SSSR count). The summed E-state index contributed by atoms with van der Waals surface area (Å²) in [5.74, 6) is -0.801. The second kappa shape index (κ2) is 8.37. The Balaban J connectivity index is 1.83. The standard InChI is InChI=1S/C20H20N2O5S/c1-2-19(23)22-12-13-27-17(14-22)20(24)21-16-10-6-7-11-18(16)28(25,26)15-8-4-3-5-9-15/h2-11,17H,1,12-14H2,(H,21,24)/t17-/m0/s1. The number of amides is 2. The van der Waals surface area contributed by atoms with Gasteiger partial charge in [-0.3, -0.25) is 9.59 Å². The van der Waals surface area contributed by atoms with Gasteiger partial charge in [-0.1, -0.05) is 36.9 Å². The summed E-state index contributed by atoms with van der Waals surface area (Å²) in [5.41, 5.74) is 0.159. The van der Waals surface area contributed by atoms with E-state index in [-0.39, 0.29) is 34.5 Å². The molecule has 0 unspecified atom stereocenters. The molecule has 1 saturated heterocycles. The van der Waals surface area contributed by atoms with Crippen LogP contribution in [0.4, 0.5) is 5.69 Å². The third-order valence-corrected chi connectivity index (χ3v) is 6.16. The molecule has 0 radical (unpaired) electrons. The van der Waals surface area contributed by atoms with Crippen molar-refractivity contribution < 1.29 is 22.7 Å². The number of carbonyl (C=O) groups excluding carboxylic acids is 2. The van der Waals surface area contributed by atoms with Gasteiger partial charge < -0.3 is 15.0 Å². The number of rotatable bonds is 5. The lowest BCUT2D eigenvalue weighted by atomic mass is 10.2. The molecule has 146 valence electrons. The predicted molar refractivity (Wildman–Crippen MR) is 103 cm³/mol. The molecule has 7 nitrogen and oxygen atoms in total. The van der Waals surface area contributed by atoms with E-state index in [1.165, 1.54) is 35.2 Å². The van der Waals surface area contributed by atoms with Crippen LogP contribution in [0.15, 0.2) is 77.0 Å². The molecule has 2 aromatic carbocycles. The van der Waals surface area contributed by atoms with Crippen molar-refractivity contribution in [1.82, 2.24) is 4.90 Å². The number of para-hydroxylation sites is 1. The summed E-state index contributed by atoms with van der Waals surface area (Å²) >= 11 is 0. The molecule has 1 heterocycles. The van der Waals surface area contributed by atoms with Crippen LogP contribution in [0.2, 0.25) is 0 Å². The SMILES string of the molecule is C=CC(=O)N1CCO[C@H](C(=O)Nc2ccccc2S(=O)(=O)c2ccccc2)C1. The highest BCUT2D eigenvalue weighted by molar-refractivity contribution is 7.91. The lowest BCUT2D eigenvalue weighted by Gasteiger charge is -2.31. The highest BCUT2D eigenvalue weighted by atomic mass is 32.2. The smallest absolute Gasteiger partial charge is 0.255 e. The van der Waals surface area contributed by atoms with E-state index in [4.69, 9.17) is 4.74 Å². The normalized spacial score (nSPS) is 17.0. The molecular weight excluding hydrogens is 380 g/mol. The summed E-state index contributed by atoms with van der Waals surface area (Å²) in [6.07, 6.45) is 0.285. The van der Waals surface area contributed by atoms with Crippen molar-refractivity contribution in [3.8, 4) is 0 Å². The number of hydrogen-bond donors (Lipinski definition) is 1. The molecular formula is C20H20N2O5S. The quantitative estimate of drug-likeness (QED) is 0.774. The first kappa shape index (κ1) is 19.8. The van der Waals surface area contributed by atoms with Gasteiger partial charge in [0.05, 0.1) is 28.6 Å². The fourth-order valence-corrected chi connectivity index (χ4v) is 4.32. The van der Waals surface area contributed by atoms with E-state index in [2.05, 4.69) is 11.9 Å². The molecule has 0 saturated carbocycles. The Labute approximate surface area is 163 Å². The van der Waals surface area contributed by atoms with E-state index in [1.54, 1.807) is 30.3 Å². The third-order valence-electron chi connectivity index (χ3n) is 4.33. The molecule has 0 bridgehead atoms. The topological polar surface area (TPSA) is 92.8 Å². The number of sulfone groups is 1. The van der Waals surface area contributed by atoms with Crippen molar-refractivity contribution in [2.24, 2.45) is 0 Å². The summed E-state index contributed by atoms with van der Waals surface area (Å²) in [6, 6.07) is 14.2. The molecule has 1 aliphatic heterocycles. The number of nitrogens with one attached hydrogen (secondary N) is 1. The summed E-state index contributed by atoms with van der Waals surface area (Å²) in [6.45, 7) is 4.09. The summed E-state index contributed by atoms with van der Waals surface area (Å²) in [7, 11) is -3.81. The van der Waals surface area contributed by atoms with Gasteiger partial charge in [0.2, 0.25) is 15.7 Å². The molecule has 1 fully saturated rings. The van der Waals surface area contributed by atoms with Gasteiger partial charge in [0.15, 0.2) is 6.10 Å². The average molecular weight is 400 g/mol. The first-order chi connectivity index (χ1) is 13.4. The molecule has 0 aromatic heterocycles. The zero-order chi connectivity index (χ0) is 20.1. The summed E-state index contributed by atoms with van der Waals surface area (Å²) < 4.78 is 31.3. The van der Waals surface area contributed by atoms with Crippen molar-refractivity contribution in [2.45, 2.75) is 15.9 Å². The molecule has 0 spiro atoms. The van der Waals surface area contributed by atoms with Gasteiger partial charge in [-0.25, -0.2) is 8.42 Å². The van der Waals surface area contributed by atoms with E-state index in [0.717, 1.165) is 0 Å². The largest absolute Gasteiger partial charge is 0.365 e. The van der Waals surface area contributed by atoms with Crippen molar-refractivity contribution in [2.75, 3.05) is 25.0 Å². The zero-order valence-electron chi connectivity index (χ0n) is 15.1. The monoisotopic (exact) mass is 400 g/mol. The average Bonchev–Trinajstić information content (AvgIpc) is 2.74. The maximum atomic E-state index is 12.9. The second-order valence-corrected chi connectivity index (χ2v) is 8.07. The Morgan fingerprint density at radius 3 is 2.50 bits per heavy atom. The number of nitrogens with zero attached hydrogens (tertiary/aromatic N) is 1. The van der Waals surface area contributed by atoms with Crippen LogP contribution in [-0.4, -0.2) is 50.9 Å². The number of ether oxygens (including phenoxy) is 1. The van der Waals surface area contributed by atoms with Crippen LogP contribution in [0.5, 0.6) is 0 Å². The highest BCUT2D eigenvalue weighted by Crippen LogP contribution is 2.27. The van der Waals surface area contributed by atoms with Crippen molar-refractivity contribution in [3.05, 3.63) is 67.3 Å². The maximum Gasteiger partial charge on any atom is 0.255 e. The predicted octanol–water partition coefficient (Wildman–Crippen LogP) is 1.87. The molecule has 1 N–H and O–H groups in total. The second-order valence-electron chi connectivity index (χ2n) is 6.15. The van der Waals surface area contributed by atoms with E-state index in [1.807, 2.05) is 0 Å². The first-order valence-electron chi connectivity index (χ1n) is 8.66. The van der Waals surface area contributed by atoms with Gasteiger partial charge >= 0.3 is 0 Å². The first-order valence-corrected chi connectivity index (χ1v) is 10.1. The minimum absolute atomic E-state index is 0.00983. The minimum Gasteiger partial charge on any atom is -0.365 e. The van der Waals surface area contributed by atoms with Crippen LogP contribution in [0.3, 0.4) is 0 Å². The van der Waals surface area contributed by atoms with Crippen LogP contribution in [0, 0.1) is 0 Å². The fraction of sp³-hybridized carbons (Fsp3) is 0.200. The molecule has 1 atom stereocenters. The van der Waals surface area contributed by atoms with E-state index >= 15 is 0 Å². The number of benzene rings is 2. The van der Waals surface area contributed by atoms with Crippen LogP contribution in [0.25, 0.3) is 0 Å². The van der Waals surface area contributed by atoms with E-state index < -0.39 is 21.8 Å². The van der Waals surface area contributed by atoms with Crippen molar-refractivity contribution >= 4 is 27.3 Å². The molecule has 2 aromatic rings. The fourth-order valence-electron chi connectivity index (χ4n) is 2.88. The molecule has 0 aliphatic carbocycles. The Bertz CT molecular complexity index is 989. The van der Waals surface area contributed by atoms with Gasteiger partial charge in [0.1, 0.15) is 0 Å². The van der Waals surface area contributed by atoms with Crippen LogP contribution in [0.1, 0.15) is 0 Å². The van der Waals surface area contributed by atoms with Crippen LogP contribution < -0.4 is 5.32 Å². The third kappa shape index (κ3) is 4.13. The van der Waals surface area contributed by atoms with Crippen molar-refractivity contribution in [3.63, 3.8) is 0 Å². The van der Waals surface area contributed by atoms with Crippen LogP contribution >= 0.6 is 0 Å². The van der Waals surface area contributed by atoms with Gasteiger partial charge in [-0.2, -0.15) is 0 Å². The summed E-state index contributed by atoms with van der Waals surface area (Å²) in [4.78, 5) is 26.0. The molecule has 1 aliphatic rings. The molecule has 2 amide bonds. The Kier molecular flexibility index (Phi) is 5.91. The maximum absolute atomic E-state index is 12.9. The van der Waals surface area contributed by atoms with Gasteiger partial charge in [-0.05, 0) is 30.3 Å².